The van der Waals surface area contributed by atoms with Gasteiger partial charge in [-0.25, -0.2) is 4.98 Å². The molecule has 4 heterocycles. The van der Waals surface area contributed by atoms with Crippen LogP contribution in [-0.2, 0) is 0 Å². The number of hydrogen-bond donors (Lipinski definition) is 1. The van der Waals surface area contributed by atoms with Gasteiger partial charge in [-0.15, -0.1) is 0 Å². The van der Waals surface area contributed by atoms with Crippen molar-refractivity contribution in [3.8, 4) is 5.75 Å². The van der Waals surface area contributed by atoms with E-state index in [9.17, 15) is 0 Å². The molecule has 6 heteroatoms. The molecule has 0 aromatic carbocycles. The summed E-state index contributed by atoms with van der Waals surface area (Å²) in [6, 6.07) is 8.69. The van der Waals surface area contributed by atoms with Crippen LogP contribution in [0.25, 0.3) is 10.9 Å². The van der Waals surface area contributed by atoms with E-state index in [2.05, 4.69) is 26.3 Å². The maximum atomic E-state index is 6.11. The summed E-state index contributed by atoms with van der Waals surface area (Å²) in [6.07, 6.45) is 11.9. The van der Waals surface area contributed by atoms with E-state index in [1.54, 1.807) is 12.4 Å². The van der Waals surface area contributed by atoms with Gasteiger partial charge >= 0.3 is 0 Å². The molecule has 1 saturated heterocycles. The van der Waals surface area contributed by atoms with Gasteiger partial charge in [0, 0.05) is 55.9 Å². The van der Waals surface area contributed by atoms with Crippen molar-refractivity contribution in [1.29, 1.82) is 0 Å². The molecular weight excluding hydrogens is 338 g/mol. The second-order valence-electron chi connectivity index (χ2n) is 7.33. The Hall–Kier alpha value is -2.89. The first kappa shape index (κ1) is 16.3. The van der Waals surface area contributed by atoms with Crippen LogP contribution < -0.4 is 15.0 Å². The maximum absolute atomic E-state index is 6.11. The molecule has 0 atom stereocenters. The molecule has 0 amide bonds. The lowest BCUT2D eigenvalue weighted by Gasteiger charge is -2.34. The normalized spacial score (nSPS) is 17.9. The van der Waals surface area contributed by atoms with E-state index >= 15 is 0 Å². The Morgan fingerprint density at radius 1 is 0.963 bits per heavy atom. The molecule has 138 valence electrons. The number of ether oxygens (including phenoxy) is 1. The molecule has 2 fully saturated rings. The molecule has 1 aliphatic heterocycles. The minimum absolute atomic E-state index is 0.251. The Balaban J connectivity index is 1.34. The largest absolute Gasteiger partial charge is 0.490 e. The van der Waals surface area contributed by atoms with Crippen LogP contribution >= 0.6 is 0 Å². The van der Waals surface area contributed by atoms with Crippen LogP contribution in [0.2, 0.25) is 0 Å². The molecule has 3 aromatic heterocycles. The van der Waals surface area contributed by atoms with Crippen LogP contribution in [-0.4, -0.2) is 40.2 Å². The lowest BCUT2D eigenvalue weighted by molar-refractivity contribution is 0.171. The van der Waals surface area contributed by atoms with Crippen LogP contribution in [0.1, 0.15) is 25.7 Å². The fourth-order valence-corrected chi connectivity index (χ4v) is 3.60. The Bertz CT molecular complexity index is 920. The van der Waals surface area contributed by atoms with Crippen LogP contribution in [0.5, 0.6) is 5.75 Å². The highest BCUT2D eigenvalue weighted by molar-refractivity contribution is 5.86. The number of pyridine rings is 3. The Morgan fingerprint density at radius 2 is 1.74 bits per heavy atom. The second-order valence-corrected chi connectivity index (χ2v) is 7.33. The quantitative estimate of drug-likeness (QED) is 0.748. The molecule has 2 aliphatic rings. The van der Waals surface area contributed by atoms with E-state index in [0.717, 1.165) is 48.4 Å². The van der Waals surface area contributed by atoms with E-state index < -0.39 is 0 Å². The smallest absolute Gasteiger partial charge is 0.150 e. The lowest BCUT2D eigenvalue weighted by Crippen LogP contribution is -2.38. The summed E-state index contributed by atoms with van der Waals surface area (Å²) < 4.78 is 6.11. The van der Waals surface area contributed by atoms with E-state index in [0.29, 0.717) is 6.04 Å². The summed E-state index contributed by atoms with van der Waals surface area (Å²) in [5.74, 6) is 1.89. The van der Waals surface area contributed by atoms with E-state index in [1.807, 2.05) is 30.6 Å². The van der Waals surface area contributed by atoms with Gasteiger partial charge in [0.1, 0.15) is 11.9 Å². The van der Waals surface area contributed by atoms with Crippen molar-refractivity contribution in [2.24, 2.45) is 0 Å². The first-order valence-electron chi connectivity index (χ1n) is 9.68. The minimum Gasteiger partial charge on any atom is -0.490 e. The zero-order chi connectivity index (χ0) is 18.1. The summed E-state index contributed by atoms with van der Waals surface area (Å²) in [5.41, 5.74) is 2.14. The molecule has 1 N–H and O–H groups in total. The molecule has 0 radical (unpaired) electrons. The number of piperidine rings is 1. The lowest BCUT2D eigenvalue weighted by atomic mass is 10.1. The number of nitrogens with zero attached hydrogens (tertiary/aromatic N) is 4. The zero-order valence-corrected chi connectivity index (χ0v) is 15.2. The highest BCUT2D eigenvalue weighted by Gasteiger charge is 2.27. The third-order valence-corrected chi connectivity index (χ3v) is 5.25. The van der Waals surface area contributed by atoms with Gasteiger partial charge in [-0.2, -0.15) is 0 Å². The van der Waals surface area contributed by atoms with E-state index in [4.69, 9.17) is 9.72 Å². The molecule has 1 saturated carbocycles. The van der Waals surface area contributed by atoms with Crippen LogP contribution in [0.15, 0.2) is 49.1 Å². The van der Waals surface area contributed by atoms with Crippen molar-refractivity contribution >= 4 is 22.4 Å². The average Bonchev–Trinajstić information content (AvgIpc) is 3.53. The number of rotatable bonds is 5. The number of nitrogens with one attached hydrogen (secondary N) is 1. The Morgan fingerprint density at radius 3 is 2.52 bits per heavy atom. The van der Waals surface area contributed by atoms with E-state index in [1.165, 1.54) is 18.5 Å². The minimum atomic E-state index is 0.251. The molecule has 0 spiro atoms. The molecule has 0 bridgehead atoms. The molecule has 6 nitrogen and oxygen atoms in total. The number of anilines is 2. The van der Waals surface area contributed by atoms with Gasteiger partial charge in [0.15, 0.2) is 5.82 Å². The summed E-state index contributed by atoms with van der Waals surface area (Å²) in [7, 11) is 0. The monoisotopic (exact) mass is 361 g/mol. The van der Waals surface area contributed by atoms with Gasteiger partial charge < -0.3 is 15.0 Å². The van der Waals surface area contributed by atoms with Crippen molar-refractivity contribution in [1.82, 2.24) is 15.0 Å². The number of hydrogen-bond acceptors (Lipinski definition) is 6. The molecule has 27 heavy (non-hydrogen) atoms. The predicted octanol–water partition coefficient (Wildman–Crippen LogP) is 3.65. The molecule has 0 unspecified atom stereocenters. The van der Waals surface area contributed by atoms with Gasteiger partial charge in [-0.05, 0) is 37.1 Å². The fraction of sp³-hybridized carbons (Fsp3) is 0.381. The van der Waals surface area contributed by atoms with Gasteiger partial charge in [0.25, 0.3) is 0 Å². The van der Waals surface area contributed by atoms with Gasteiger partial charge in [-0.1, -0.05) is 0 Å². The highest BCUT2D eigenvalue weighted by Crippen LogP contribution is 2.34. The molecule has 3 aromatic rings. The van der Waals surface area contributed by atoms with Crippen LogP contribution in [0.4, 0.5) is 11.5 Å². The topological polar surface area (TPSA) is 63.2 Å². The first-order valence-corrected chi connectivity index (χ1v) is 9.68. The number of fused-ring (bicyclic) bond motifs is 1. The van der Waals surface area contributed by atoms with Crippen molar-refractivity contribution in [3.63, 3.8) is 0 Å². The number of aromatic nitrogens is 3. The SMILES string of the molecule is c1cc(OC2CCN(c3cc4ccncc4nc3NC3CC3)CC2)ccn1. The van der Waals surface area contributed by atoms with Gasteiger partial charge in [-0.3, -0.25) is 9.97 Å². The van der Waals surface area contributed by atoms with Crippen LogP contribution in [0, 0.1) is 0 Å². The maximum Gasteiger partial charge on any atom is 0.150 e. The Kier molecular flexibility index (Phi) is 4.24. The van der Waals surface area contributed by atoms with Crippen molar-refractivity contribution in [2.75, 3.05) is 23.3 Å². The van der Waals surface area contributed by atoms with Crippen molar-refractivity contribution in [2.45, 2.75) is 37.8 Å². The zero-order valence-electron chi connectivity index (χ0n) is 15.2. The highest BCUT2D eigenvalue weighted by atomic mass is 16.5. The van der Waals surface area contributed by atoms with Crippen molar-refractivity contribution in [3.05, 3.63) is 49.1 Å². The summed E-state index contributed by atoms with van der Waals surface area (Å²) in [5, 5.41) is 4.74. The van der Waals surface area contributed by atoms with Gasteiger partial charge in [0.2, 0.25) is 0 Å². The Labute approximate surface area is 158 Å². The molecular formula is C21H23N5O. The summed E-state index contributed by atoms with van der Waals surface area (Å²) >= 11 is 0. The second kappa shape index (κ2) is 7.02. The first-order chi connectivity index (χ1) is 13.3. The third-order valence-electron chi connectivity index (χ3n) is 5.25. The van der Waals surface area contributed by atoms with E-state index in [-0.39, 0.29) is 6.10 Å². The molecule has 1 aliphatic carbocycles. The van der Waals surface area contributed by atoms with Crippen LogP contribution in [0.3, 0.4) is 0 Å². The summed E-state index contributed by atoms with van der Waals surface area (Å²) in [6.45, 7) is 1.93. The predicted molar refractivity (Wildman–Crippen MR) is 106 cm³/mol. The fourth-order valence-electron chi connectivity index (χ4n) is 3.60. The van der Waals surface area contributed by atoms with Crippen molar-refractivity contribution < 1.29 is 4.74 Å². The third kappa shape index (κ3) is 3.65. The standard InChI is InChI=1S/C21H23N5O/c1-2-16(1)24-21-20(13-15-3-8-23-14-19(15)25-21)26-11-6-18(7-12-26)27-17-4-9-22-10-5-17/h3-5,8-10,13-14,16,18H,1-2,6-7,11-12H2,(H,24,25). The summed E-state index contributed by atoms with van der Waals surface area (Å²) in [4.78, 5) is 15.6. The average molecular weight is 361 g/mol. The molecule has 5 rings (SSSR count). The van der Waals surface area contributed by atoms with Gasteiger partial charge in [0.05, 0.1) is 17.4 Å².